The van der Waals surface area contributed by atoms with Crippen LogP contribution in [0.4, 0.5) is 0 Å². The summed E-state index contributed by atoms with van der Waals surface area (Å²) < 4.78 is 0. The normalized spacial score (nSPS) is 17.4. The molecule has 0 aromatic carbocycles. The third-order valence-electron chi connectivity index (χ3n) is 0.659. The Bertz CT molecular complexity index is 91.3. The fourth-order valence-corrected chi connectivity index (χ4v) is 0.206. The third kappa shape index (κ3) is 2.14. The molecule has 0 aromatic heterocycles. The summed E-state index contributed by atoms with van der Waals surface area (Å²) in [6, 6.07) is 0. The van der Waals surface area contributed by atoms with E-state index in [2.05, 4.69) is 0 Å². The van der Waals surface area contributed by atoms with Crippen LogP contribution in [0.2, 0.25) is 0 Å². The van der Waals surface area contributed by atoms with Gasteiger partial charge in [-0.2, -0.15) is 0 Å². The Balaban J connectivity index is 3.64. The Morgan fingerprint density at radius 3 is 2.12 bits per heavy atom. The smallest absolute Gasteiger partial charge is 0.324 e. The number of hydrogen-bond acceptors (Lipinski definition) is 2. The minimum Gasteiger partial charge on any atom is -0.480 e. The van der Waals surface area contributed by atoms with E-state index in [1.807, 2.05) is 0 Å². The molecule has 0 saturated heterocycles. The quantitative estimate of drug-likeness (QED) is 0.531. The van der Waals surface area contributed by atoms with Gasteiger partial charge in [-0.05, 0) is 6.92 Å². The van der Waals surface area contributed by atoms with E-state index in [0.29, 0.717) is 0 Å². The first-order valence-electron chi connectivity index (χ1n) is 2.10. The third-order valence-corrected chi connectivity index (χ3v) is 1.21. The Hall–Kier alpha value is -0.280. The van der Waals surface area contributed by atoms with Crippen LogP contribution in [0.25, 0.3) is 0 Å². The molecule has 3 nitrogen and oxygen atoms in total. The maximum Gasteiger partial charge on any atom is 0.324 e. The number of aliphatic carboxylic acids is 1. The molecule has 0 bridgehead atoms. The monoisotopic (exact) mass is 138 g/mol. The fraction of sp³-hybridized carbons (Fsp3) is 0.750. The summed E-state index contributed by atoms with van der Waals surface area (Å²) in [5.74, 6) is -1.19. The zero-order valence-corrected chi connectivity index (χ0v) is 5.09. The van der Waals surface area contributed by atoms with Crippen LogP contribution in [-0.2, 0) is 4.79 Å². The first kappa shape index (κ1) is 7.72. The van der Waals surface area contributed by atoms with Gasteiger partial charge in [0, 0.05) is 0 Å². The molecule has 0 saturated carbocycles. The van der Waals surface area contributed by atoms with Crippen molar-refractivity contribution in [1.29, 1.82) is 0 Å². The van der Waals surface area contributed by atoms with Crippen molar-refractivity contribution in [3.63, 3.8) is 0 Å². The van der Waals surface area contributed by atoms with Crippen LogP contribution in [0, 0.1) is 0 Å². The van der Waals surface area contributed by atoms with Gasteiger partial charge < -0.3 is 10.2 Å². The molecule has 4 heteroatoms. The summed E-state index contributed by atoms with van der Waals surface area (Å²) in [4.78, 5) is 9.85. The summed E-state index contributed by atoms with van der Waals surface area (Å²) in [7, 11) is 0. The topological polar surface area (TPSA) is 57.5 Å². The molecule has 0 heterocycles. The minimum atomic E-state index is -1.19. The Morgan fingerprint density at radius 1 is 1.75 bits per heavy atom. The summed E-state index contributed by atoms with van der Waals surface area (Å²) in [6.07, 6.45) is -0.992. The molecule has 0 aliphatic heterocycles. The van der Waals surface area contributed by atoms with Gasteiger partial charge in [0.2, 0.25) is 0 Å². The highest BCUT2D eigenvalue weighted by atomic mass is 35.5. The van der Waals surface area contributed by atoms with E-state index in [9.17, 15) is 4.79 Å². The summed E-state index contributed by atoms with van der Waals surface area (Å²) in [5.41, 5.74) is 0. The van der Waals surface area contributed by atoms with Crippen molar-refractivity contribution in [3.05, 3.63) is 0 Å². The van der Waals surface area contributed by atoms with Crippen LogP contribution < -0.4 is 0 Å². The van der Waals surface area contributed by atoms with Gasteiger partial charge in [-0.1, -0.05) is 0 Å². The van der Waals surface area contributed by atoms with Crippen LogP contribution in [0.5, 0.6) is 0 Å². The van der Waals surface area contributed by atoms with Gasteiger partial charge in [0.15, 0.2) is 5.38 Å². The Labute approximate surface area is 51.9 Å². The molecule has 0 aliphatic carbocycles. The highest BCUT2D eigenvalue weighted by molar-refractivity contribution is 6.30. The van der Waals surface area contributed by atoms with Crippen molar-refractivity contribution in [3.8, 4) is 0 Å². The molecule has 0 aliphatic rings. The summed E-state index contributed by atoms with van der Waals surface area (Å²) >= 11 is 5.10. The second-order valence-corrected chi connectivity index (χ2v) is 1.95. The van der Waals surface area contributed by atoms with E-state index in [4.69, 9.17) is 21.8 Å². The summed E-state index contributed by atoms with van der Waals surface area (Å²) in [6.45, 7) is 1.33. The van der Waals surface area contributed by atoms with Gasteiger partial charge >= 0.3 is 5.97 Å². The Morgan fingerprint density at radius 2 is 2.12 bits per heavy atom. The molecule has 0 radical (unpaired) electrons. The lowest BCUT2D eigenvalue weighted by Gasteiger charge is -2.04. The molecule has 8 heavy (non-hydrogen) atoms. The minimum absolute atomic E-state index is 0.992. The van der Waals surface area contributed by atoms with E-state index in [0.717, 1.165) is 0 Å². The lowest BCUT2D eigenvalue weighted by Crippen LogP contribution is -2.25. The van der Waals surface area contributed by atoms with Gasteiger partial charge in [0.1, 0.15) is 0 Å². The first-order valence-corrected chi connectivity index (χ1v) is 2.54. The van der Waals surface area contributed by atoms with E-state index in [1.54, 1.807) is 0 Å². The SMILES string of the molecule is CC(O)C(Cl)C(=O)O. The predicted octanol–water partition coefficient (Wildman–Crippen LogP) is 0.0592. The number of carboxylic acid groups (broad SMARTS) is 1. The maximum absolute atomic E-state index is 9.85. The molecule has 0 spiro atoms. The van der Waals surface area contributed by atoms with Gasteiger partial charge in [0.05, 0.1) is 6.10 Å². The molecular formula is C4H7ClO3. The van der Waals surface area contributed by atoms with Crippen molar-refractivity contribution < 1.29 is 15.0 Å². The number of carbonyl (C=O) groups is 1. The molecule has 0 rings (SSSR count). The van der Waals surface area contributed by atoms with Crippen LogP contribution in [-0.4, -0.2) is 27.7 Å². The predicted molar refractivity (Wildman–Crippen MR) is 29.0 cm³/mol. The van der Waals surface area contributed by atoms with Crippen LogP contribution >= 0.6 is 11.6 Å². The van der Waals surface area contributed by atoms with Crippen LogP contribution in [0.15, 0.2) is 0 Å². The number of halogens is 1. The lowest BCUT2D eigenvalue weighted by molar-refractivity contribution is -0.138. The second-order valence-electron chi connectivity index (χ2n) is 1.48. The highest BCUT2D eigenvalue weighted by Crippen LogP contribution is 2.00. The van der Waals surface area contributed by atoms with Crippen molar-refractivity contribution >= 4 is 17.6 Å². The van der Waals surface area contributed by atoms with Gasteiger partial charge in [-0.15, -0.1) is 11.6 Å². The highest BCUT2D eigenvalue weighted by Gasteiger charge is 2.18. The molecule has 2 N–H and O–H groups in total. The number of hydrogen-bond donors (Lipinski definition) is 2. The van der Waals surface area contributed by atoms with Gasteiger partial charge in [-0.25, -0.2) is 0 Å². The van der Waals surface area contributed by atoms with E-state index >= 15 is 0 Å². The van der Waals surface area contributed by atoms with Gasteiger partial charge in [0.25, 0.3) is 0 Å². The number of rotatable bonds is 2. The van der Waals surface area contributed by atoms with Crippen molar-refractivity contribution in [1.82, 2.24) is 0 Å². The number of alkyl halides is 1. The van der Waals surface area contributed by atoms with Crippen molar-refractivity contribution in [2.24, 2.45) is 0 Å². The molecule has 0 amide bonds. The lowest BCUT2D eigenvalue weighted by atomic mass is 10.3. The number of carboxylic acids is 1. The molecule has 48 valence electrons. The molecule has 0 aromatic rings. The van der Waals surface area contributed by atoms with Crippen molar-refractivity contribution in [2.75, 3.05) is 0 Å². The molecule has 0 fully saturated rings. The molecule has 2 atom stereocenters. The average Bonchev–Trinajstić information content (AvgIpc) is 1.64. The number of aliphatic hydroxyl groups excluding tert-OH is 1. The van der Waals surface area contributed by atoms with E-state index < -0.39 is 17.5 Å². The zero-order chi connectivity index (χ0) is 6.73. The van der Waals surface area contributed by atoms with Crippen molar-refractivity contribution in [2.45, 2.75) is 18.4 Å². The largest absolute Gasteiger partial charge is 0.480 e. The first-order chi connectivity index (χ1) is 3.55. The maximum atomic E-state index is 9.85. The fourth-order valence-electron chi connectivity index (χ4n) is 0.206. The van der Waals surface area contributed by atoms with E-state index in [1.165, 1.54) is 6.92 Å². The zero-order valence-electron chi connectivity index (χ0n) is 4.34. The molecular weight excluding hydrogens is 131 g/mol. The molecule has 2 unspecified atom stereocenters. The van der Waals surface area contributed by atoms with Crippen LogP contribution in [0.1, 0.15) is 6.92 Å². The van der Waals surface area contributed by atoms with E-state index in [-0.39, 0.29) is 0 Å². The summed E-state index contributed by atoms with van der Waals surface area (Å²) in [5, 5.41) is 15.4. The van der Waals surface area contributed by atoms with Crippen LogP contribution in [0.3, 0.4) is 0 Å². The Kier molecular flexibility index (Phi) is 2.79. The standard InChI is InChI=1S/C4H7ClO3/c1-2(6)3(5)4(7)8/h2-3,6H,1H3,(H,7,8). The number of aliphatic hydroxyl groups is 1. The van der Waals surface area contributed by atoms with Gasteiger partial charge in [-0.3, -0.25) is 4.79 Å². The second kappa shape index (κ2) is 2.89. The average molecular weight is 139 g/mol.